The summed E-state index contributed by atoms with van der Waals surface area (Å²) in [6, 6.07) is 5.13. The van der Waals surface area contributed by atoms with Crippen LogP contribution in [0.4, 0.5) is 0 Å². The van der Waals surface area contributed by atoms with E-state index in [1.165, 1.54) is 6.26 Å². The highest BCUT2D eigenvalue weighted by molar-refractivity contribution is 5.95. The zero-order valence-corrected chi connectivity index (χ0v) is 19.2. The van der Waals surface area contributed by atoms with Crippen molar-refractivity contribution < 1.29 is 14.0 Å². The average Bonchev–Trinajstić information content (AvgIpc) is 3.32. The molecular weight excluding hydrogens is 432 g/mol. The van der Waals surface area contributed by atoms with E-state index in [4.69, 9.17) is 4.42 Å². The summed E-state index contributed by atoms with van der Waals surface area (Å²) in [6.45, 7) is 5.43. The number of furan rings is 1. The first-order valence-corrected chi connectivity index (χ1v) is 11.1. The van der Waals surface area contributed by atoms with E-state index in [2.05, 4.69) is 10.6 Å². The van der Waals surface area contributed by atoms with Crippen LogP contribution in [0.15, 0.2) is 39.9 Å². The molecule has 1 atom stereocenters. The molecule has 4 rings (SSSR count). The summed E-state index contributed by atoms with van der Waals surface area (Å²) in [5, 5.41) is 6.39. The summed E-state index contributed by atoms with van der Waals surface area (Å²) in [6.07, 6.45) is 6.77. The van der Waals surface area contributed by atoms with Crippen LogP contribution in [0.2, 0.25) is 0 Å². The number of rotatable bonds is 5. The maximum atomic E-state index is 13.0. The van der Waals surface area contributed by atoms with Gasteiger partial charge in [0.2, 0.25) is 0 Å². The van der Waals surface area contributed by atoms with Gasteiger partial charge in [-0.15, -0.1) is 12.4 Å². The standard InChI is InChI=1S/C23H30N4O4.ClH/c1-16-6-10-27(15-17-4-2-9-24-14-17)23(30)20(16)21(28)25-18-7-11-26(12-8-18)22(29)19-5-3-13-31-19;/h3,5-6,10,13,17-18,24H,2,4,7-9,11-12,14-15H2,1H3,(H,25,28);1H. The molecule has 9 heteroatoms. The Hall–Kier alpha value is -2.58. The summed E-state index contributed by atoms with van der Waals surface area (Å²) in [5.41, 5.74) is 0.680. The molecule has 2 aliphatic rings. The van der Waals surface area contributed by atoms with Gasteiger partial charge in [-0.3, -0.25) is 14.4 Å². The molecule has 0 saturated carbocycles. The number of carbonyl (C=O) groups is 2. The zero-order chi connectivity index (χ0) is 21.8. The van der Waals surface area contributed by atoms with Crippen molar-refractivity contribution in [2.24, 2.45) is 5.92 Å². The minimum absolute atomic E-state index is 0. The lowest BCUT2D eigenvalue weighted by Gasteiger charge is -2.32. The lowest BCUT2D eigenvalue weighted by atomic mass is 9.99. The van der Waals surface area contributed by atoms with E-state index in [-0.39, 0.29) is 41.4 Å². The molecule has 32 heavy (non-hydrogen) atoms. The highest BCUT2D eigenvalue weighted by Crippen LogP contribution is 2.16. The van der Waals surface area contributed by atoms with E-state index in [1.54, 1.807) is 34.7 Å². The van der Waals surface area contributed by atoms with Crippen LogP contribution in [0.5, 0.6) is 0 Å². The van der Waals surface area contributed by atoms with Gasteiger partial charge in [0.25, 0.3) is 17.4 Å². The molecule has 4 heterocycles. The van der Waals surface area contributed by atoms with Gasteiger partial charge in [0.05, 0.1) is 6.26 Å². The van der Waals surface area contributed by atoms with Gasteiger partial charge in [0, 0.05) is 31.9 Å². The predicted molar refractivity (Wildman–Crippen MR) is 123 cm³/mol. The first-order chi connectivity index (χ1) is 15.0. The summed E-state index contributed by atoms with van der Waals surface area (Å²) >= 11 is 0. The molecule has 2 fully saturated rings. The lowest BCUT2D eigenvalue weighted by Crippen LogP contribution is -2.47. The second kappa shape index (κ2) is 10.8. The first kappa shape index (κ1) is 24.1. The number of nitrogens with one attached hydrogen (secondary N) is 2. The van der Waals surface area contributed by atoms with Crippen LogP contribution in [0.1, 0.15) is 52.2 Å². The van der Waals surface area contributed by atoms with Crippen molar-refractivity contribution in [3.63, 3.8) is 0 Å². The molecule has 0 bridgehead atoms. The Balaban J connectivity index is 0.00000289. The fourth-order valence-corrected chi connectivity index (χ4v) is 4.48. The van der Waals surface area contributed by atoms with Crippen molar-refractivity contribution >= 4 is 24.2 Å². The number of halogens is 1. The molecule has 174 valence electrons. The van der Waals surface area contributed by atoms with Gasteiger partial charge in [0.1, 0.15) is 5.56 Å². The topological polar surface area (TPSA) is 96.6 Å². The van der Waals surface area contributed by atoms with E-state index < -0.39 is 0 Å². The number of likely N-dealkylation sites (tertiary alicyclic amines) is 1. The number of hydrogen-bond acceptors (Lipinski definition) is 5. The Labute approximate surface area is 193 Å². The highest BCUT2D eigenvalue weighted by atomic mass is 35.5. The highest BCUT2D eigenvalue weighted by Gasteiger charge is 2.27. The first-order valence-electron chi connectivity index (χ1n) is 11.1. The molecule has 1 unspecified atom stereocenters. The van der Waals surface area contributed by atoms with Crippen molar-refractivity contribution in [3.05, 3.63) is 57.9 Å². The van der Waals surface area contributed by atoms with Crippen LogP contribution >= 0.6 is 12.4 Å². The number of aryl methyl sites for hydroxylation is 1. The molecule has 0 aromatic carbocycles. The number of hydrogen-bond donors (Lipinski definition) is 2. The molecule has 2 amide bonds. The fourth-order valence-electron chi connectivity index (χ4n) is 4.48. The molecule has 2 saturated heterocycles. The minimum atomic E-state index is -0.325. The van der Waals surface area contributed by atoms with Gasteiger partial charge in [-0.05, 0) is 75.4 Å². The number of piperidine rings is 2. The van der Waals surface area contributed by atoms with Gasteiger partial charge in [-0.2, -0.15) is 0 Å². The number of carbonyl (C=O) groups excluding carboxylic acids is 2. The predicted octanol–water partition coefficient (Wildman–Crippen LogP) is 2.21. The lowest BCUT2D eigenvalue weighted by molar-refractivity contribution is 0.0667. The molecule has 0 spiro atoms. The van der Waals surface area contributed by atoms with Crippen molar-refractivity contribution in [2.45, 2.75) is 45.2 Å². The molecule has 2 aromatic heterocycles. The Kier molecular flexibility index (Phi) is 8.15. The van der Waals surface area contributed by atoms with Crippen molar-refractivity contribution in [1.29, 1.82) is 0 Å². The van der Waals surface area contributed by atoms with Crippen molar-refractivity contribution in [1.82, 2.24) is 20.1 Å². The maximum Gasteiger partial charge on any atom is 0.289 e. The average molecular weight is 463 g/mol. The van der Waals surface area contributed by atoms with E-state index in [9.17, 15) is 14.4 Å². The largest absolute Gasteiger partial charge is 0.459 e. The van der Waals surface area contributed by atoms with Crippen LogP contribution in [0.25, 0.3) is 0 Å². The van der Waals surface area contributed by atoms with Gasteiger partial charge >= 0.3 is 0 Å². The summed E-state index contributed by atoms with van der Waals surface area (Å²) in [5.74, 6) is 0.278. The second-order valence-corrected chi connectivity index (χ2v) is 8.56. The van der Waals surface area contributed by atoms with Crippen LogP contribution < -0.4 is 16.2 Å². The van der Waals surface area contributed by atoms with Crippen LogP contribution in [0, 0.1) is 12.8 Å². The minimum Gasteiger partial charge on any atom is -0.459 e. The van der Waals surface area contributed by atoms with Crippen molar-refractivity contribution in [2.75, 3.05) is 26.2 Å². The monoisotopic (exact) mass is 462 g/mol. The molecule has 2 aliphatic heterocycles. The second-order valence-electron chi connectivity index (χ2n) is 8.56. The van der Waals surface area contributed by atoms with E-state index in [1.807, 2.05) is 6.07 Å². The van der Waals surface area contributed by atoms with Gasteiger partial charge in [-0.1, -0.05) is 0 Å². The Bertz CT molecular complexity index is 974. The Morgan fingerprint density at radius 3 is 2.66 bits per heavy atom. The van der Waals surface area contributed by atoms with E-state index in [0.29, 0.717) is 49.7 Å². The summed E-state index contributed by atoms with van der Waals surface area (Å²) in [7, 11) is 0. The van der Waals surface area contributed by atoms with Crippen LogP contribution in [-0.4, -0.2) is 53.5 Å². The van der Waals surface area contributed by atoms with Gasteiger partial charge < -0.3 is 24.5 Å². The maximum absolute atomic E-state index is 13.0. The van der Waals surface area contributed by atoms with Crippen molar-refractivity contribution in [3.8, 4) is 0 Å². The third-order valence-corrected chi connectivity index (χ3v) is 6.30. The third-order valence-electron chi connectivity index (χ3n) is 6.30. The fraction of sp³-hybridized carbons (Fsp3) is 0.522. The van der Waals surface area contributed by atoms with Crippen LogP contribution in [0.3, 0.4) is 0 Å². The molecule has 2 aromatic rings. The normalized spacial score (nSPS) is 19.3. The Morgan fingerprint density at radius 1 is 1.22 bits per heavy atom. The molecular formula is C23H31ClN4O4. The van der Waals surface area contributed by atoms with Gasteiger partial charge in [0.15, 0.2) is 5.76 Å². The number of aromatic nitrogens is 1. The SMILES string of the molecule is Cc1ccn(CC2CCCNC2)c(=O)c1C(=O)NC1CCN(C(=O)c2ccco2)CC1.Cl. The quantitative estimate of drug-likeness (QED) is 0.710. The third kappa shape index (κ3) is 5.42. The molecule has 0 radical (unpaired) electrons. The molecule has 0 aliphatic carbocycles. The molecule has 2 N–H and O–H groups in total. The Morgan fingerprint density at radius 2 is 2.00 bits per heavy atom. The number of nitrogens with zero attached hydrogens (tertiary/aromatic N) is 2. The van der Waals surface area contributed by atoms with E-state index >= 15 is 0 Å². The smallest absolute Gasteiger partial charge is 0.289 e. The van der Waals surface area contributed by atoms with Gasteiger partial charge in [-0.25, -0.2) is 0 Å². The van der Waals surface area contributed by atoms with Crippen LogP contribution in [-0.2, 0) is 6.54 Å². The zero-order valence-electron chi connectivity index (χ0n) is 18.3. The summed E-state index contributed by atoms with van der Waals surface area (Å²) in [4.78, 5) is 40.1. The summed E-state index contributed by atoms with van der Waals surface area (Å²) < 4.78 is 6.86. The number of amides is 2. The molecule has 8 nitrogen and oxygen atoms in total. The number of pyridine rings is 1. The van der Waals surface area contributed by atoms with E-state index in [0.717, 1.165) is 25.9 Å².